The first-order valence-electron chi connectivity index (χ1n) is 5.89. The first kappa shape index (κ1) is 12.4. The van der Waals surface area contributed by atoms with Crippen LogP contribution in [0.25, 0.3) is 0 Å². The maximum Gasteiger partial charge on any atom is 0.141 e. The average Bonchev–Trinajstić information content (AvgIpc) is 2.35. The summed E-state index contributed by atoms with van der Waals surface area (Å²) in [6.07, 6.45) is 0. The molecular weight excluding hydrogens is 294 g/mol. The number of rotatable bonds is 1. The number of hydrogen-bond acceptors (Lipinski definition) is 1. The monoisotopic (exact) mass is 313 g/mol. The van der Waals surface area contributed by atoms with Crippen LogP contribution in [0.1, 0.15) is 0 Å². The number of benzene rings is 1. The van der Waals surface area contributed by atoms with Crippen molar-refractivity contribution in [2.75, 3.05) is 4.23 Å². The van der Waals surface area contributed by atoms with Crippen molar-refractivity contribution in [1.29, 1.82) is 0 Å². The molecule has 1 aromatic rings. The van der Waals surface area contributed by atoms with E-state index < -0.39 is 16.5 Å². The molecule has 2 rings (SSSR count). The van der Waals surface area contributed by atoms with E-state index in [0.29, 0.717) is 0 Å². The van der Waals surface area contributed by atoms with Crippen LogP contribution >= 0.6 is 15.9 Å². The molecule has 4 heteroatoms. The van der Waals surface area contributed by atoms with Gasteiger partial charge < -0.3 is 4.23 Å². The maximum absolute atomic E-state index is 3.59. The summed E-state index contributed by atoms with van der Waals surface area (Å²) in [5.74, 6) is 0. The summed E-state index contributed by atoms with van der Waals surface area (Å²) in [6.45, 7) is 10.0. The highest BCUT2D eigenvalue weighted by molar-refractivity contribution is 9.10. The Kier molecular flexibility index (Phi) is 3.10. The summed E-state index contributed by atoms with van der Waals surface area (Å²) < 4.78 is 4.04. The van der Waals surface area contributed by atoms with Crippen LogP contribution in [0.15, 0.2) is 28.7 Å². The van der Waals surface area contributed by atoms with Crippen LogP contribution in [0.3, 0.4) is 0 Å². The number of halogens is 1. The van der Waals surface area contributed by atoms with Gasteiger partial charge in [0, 0.05) is 10.2 Å². The molecule has 16 heavy (non-hydrogen) atoms. The fourth-order valence-electron chi connectivity index (χ4n) is 2.97. The first-order valence-corrected chi connectivity index (χ1v) is 13.0. The largest absolute Gasteiger partial charge is 0.424 e. The Bertz CT molecular complexity index is 388. The number of nitrogens with zero attached hydrogens (tertiary/aromatic N) is 1. The Morgan fingerprint density at radius 3 is 2.12 bits per heavy atom. The highest BCUT2D eigenvalue weighted by atomic mass is 79.9. The number of hydrogen-bond donors (Lipinski definition) is 0. The first-order chi connectivity index (χ1) is 7.33. The molecule has 1 fully saturated rings. The van der Waals surface area contributed by atoms with Gasteiger partial charge in [0.25, 0.3) is 0 Å². The van der Waals surface area contributed by atoms with E-state index in [9.17, 15) is 0 Å². The van der Waals surface area contributed by atoms with E-state index in [2.05, 4.69) is 70.6 Å². The van der Waals surface area contributed by atoms with Crippen molar-refractivity contribution in [3.8, 4) is 0 Å². The van der Waals surface area contributed by atoms with E-state index in [4.69, 9.17) is 0 Å². The van der Waals surface area contributed by atoms with Crippen LogP contribution in [-0.2, 0) is 0 Å². The van der Waals surface area contributed by atoms with Crippen molar-refractivity contribution < 1.29 is 0 Å². The van der Waals surface area contributed by atoms with Crippen LogP contribution in [0.5, 0.6) is 0 Å². The summed E-state index contributed by atoms with van der Waals surface area (Å²) in [5, 5.41) is 0. The molecular formula is C12H20BrNSi2. The van der Waals surface area contributed by atoms with E-state index in [1.807, 2.05) is 0 Å². The third-order valence-corrected chi connectivity index (χ3v) is 14.1. The lowest BCUT2D eigenvalue weighted by molar-refractivity contribution is 1.35. The van der Waals surface area contributed by atoms with Crippen LogP contribution in [0, 0.1) is 0 Å². The molecule has 1 aliphatic rings. The van der Waals surface area contributed by atoms with Gasteiger partial charge in [0.15, 0.2) is 0 Å². The lowest BCUT2D eigenvalue weighted by Gasteiger charge is -2.41. The van der Waals surface area contributed by atoms with Gasteiger partial charge in [0.05, 0.1) is 0 Å². The molecule has 0 aromatic heterocycles. The molecule has 0 saturated carbocycles. The second-order valence-electron chi connectivity index (χ2n) is 5.94. The highest BCUT2D eigenvalue weighted by Gasteiger charge is 2.47. The van der Waals surface area contributed by atoms with Gasteiger partial charge in [-0.25, -0.2) is 0 Å². The molecule has 1 nitrogen and oxygen atoms in total. The average molecular weight is 314 g/mol. The van der Waals surface area contributed by atoms with Crippen molar-refractivity contribution in [3.63, 3.8) is 0 Å². The summed E-state index contributed by atoms with van der Waals surface area (Å²) in [6, 6.07) is 11.8. The zero-order chi connectivity index (χ0) is 12.0. The zero-order valence-electron chi connectivity index (χ0n) is 10.5. The lowest BCUT2D eigenvalue weighted by Crippen LogP contribution is -2.55. The van der Waals surface area contributed by atoms with Gasteiger partial charge in [0.2, 0.25) is 0 Å². The Hall–Kier alpha value is -0.0662. The van der Waals surface area contributed by atoms with Crippen molar-refractivity contribution in [1.82, 2.24) is 0 Å². The van der Waals surface area contributed by atoms with Gasteiger partial charge in [-0.2, -0.15) is 0 Å². The smallest absolute Gasteiger partial charge is 0.141 e. The highest BCUT2D eigenvalue weighted by Crippen LogP contribution is 2.41. The second kappa shape index (κ2) is 4.00. The fraction of sp³-hybridized carbons (Fsp3) is 0.500. The molecule has 1 saturated heterocycles. The minimum Gasteiger partial charge on any atom is -0.424 e. The number of anilines is 1. The predicted octanol–water partition coefficient (Wildman–Crippen LogP) is 4.68. The maximum atomic E-state index is 3.59. The van der Waals surface area contributed by atoms with Crippen LogP contribution in [0.2, 0.25) is 38.3 Å². The SMILES string of the molecule is C[Si]1(C)CC[Si](C)(C)N1c1cccc(Br)c1. The van der Waals surface area contributed by atoms with Crippen molar-refractivity contribution in [2.24, 2.45) is 0 Å². The van der Waals surface area contributed by atoms with E-state index >= 15 is 0 Å². The zero-order valence-corrected chi connectivity index (χ0v) is 14.1. The molecule has 1 heterocycles. The van der Waals surface area contributed by atoms with Gasteiger partial charge in [-0.1, -0.05) is 48.2 Å². The second-order valence-corrected chi connectivity index (χ2v) is 16.4. The van der Waals surface area contributed by atoms with Crippen LogP contribution < -0.4 is 4.23 Å². The molecule has 0 radical (unpaired) electrons. The Morgan fingerprint density at radius 1 is 1.06 bits per heavy atom. The van der Waals surface area contributed by atoms with Gasteiger partial charge in [-0.15, -0.1) is 0 Å². The quantitative estimate of drug-likeness (QED) is 0.680. The Balaban J connectivity index is 2.45. The van der Waals surface area contributed by atoms with Crippen molar-refractivity contribution in [3.05, 3.63) is 28.7 Å². The molecule has 0 unspecified atom stereocenters. The van der Waals surface area contributed by atoms with E-state index in [0.717, 1.165) is 0 Å². The summed E-state index contributed by atoms with van der Waals surface area (Å²) in [7, 11) is -2.39. The van der Waals surface area contributed by atoms with E-state index in [1.54, 1.807) is 0 Å². The summed E-state index contributed by atoms with van der Waals surface area (Å²) >= 11 is 3.59. The minimum absolute atomic E-state index is 1.19. The standard InChI is InChI=1S/C12H20BrNSi2/c1-15(2)8-9-16(3,4)14(15)12-7-5-6-11(13)10-12/h5-7,10H,8-9H2,1-4H3. The molecule has 1 aromatic carbocycles. The molecule has 0 N–H and O–H groups in total. The van der Waals surface area contributed by atoms with Gasteiger partial charge >= 0.3 is 0 Å². The molecule has 0 aliphatic carbocycles. The van der Waals surface area contributed by atoms with Gasteiger partial charge in [-0.05, 0) is 30.3 Å². The summed E-state index contributed by atoms with van der Waals surface area (Å²) in [4.78, 5) is 0. The molecule has 0 bridgehead atoms. The van der Waals surface area contributed by atoms with Gasteiger partial charge in [0.1, 0.15) is 16.5 Å². The minimum atomic E-state index is -1.19. The Morgan fingerprint density at radius 2 is 1.62 bits per heavy atom. The van der Waals surface area contributed by atoms with Crippen LogP contribution in [0.4, 0.5) is 5.69 Å². The molecule has 1 aliphatic heterocycles. The molecule has 88 valence electrons. The van der Waals surface area contributed by atoms with Crippen LogP contribution in [-0.4, -0.2) is 16.5 Å². The van der Waals surface area contributed by atoms with Crippen molar-refractivity contribution >= 4 is 38.1 Å². The van der Waals surface area contributed by atoms with Gasteiger partial charge in [-0.3, -0.25) is 0 Å². The normalized spacial score (nSPS) is 22.4. The molecule has 0 amide bonds. The summed E-state index contributed by atoms with van der Waals surface area (Å²) in [5.41, 5.74) is 1.44. The topological polar surface area (TPSA) is 3.24 Å². The Labute approximate surface area is 109 Å². The third kappa shape index (κ3) is 2.15. The lowest BCUT2D eigenvalue weighted by atomic mass is 10.3. The fourth-order valence-corrected chi connectivity index (χ4v) is 17.6. The third-order valence-electron chi connectivity index (χ3n) is 3.63. The van der Waals surface area contributed by atoms with E-state index in [1.165, 1.54) is 22.2 Å². The van der Waals surface area contributed by atoms with Crippen molar-refractivity contribution in [2.45, 2.75) is 38.3 Å². The predicted molar refractivity (Wildman–Crippen MR) is 81.2 cm³/mol. The molecule has 0 spiro atoms. The van der Waals surface area contributed by atoms with E-state index in [-0.39, 0.29) is 0 Å². The molecule has 0 atom stereocenters.